The van der Waals surface area contributed by atoms with Crippen molar-refractivity contribution in [1.82, 2.24) is 20.3 Å². The van der Waals surface area contributed by atoms with Gasteiger partial charge in [0, 0.05) is 12.6 Å². The van der Waals surface area contributed by atoms with E-state index in [4.69, 9.17) is 5.11 Å². The zero-order chi connectivity index (χ0) is 12.7. The van der Waals surface area contributed by atoms with Crippen molar-refractivity contribution in [2.75, 3.05) is 13.7 Å². The first kappa shape index (κ1) is 13.1. The van der Waals surface area contributed by atoms with Gasteiger partial charge in [0.15, 0.2) is 6.04 Å². The number of nitrogens with one attached hydrogen (secondary N) is 1. The number of aromatic nitrogens is 3. The molecular weight excluding hydrogens is 228 g/mol. The summed E-state index contributed by atoms with van der Waals surface area (Å²) in [4.78, 5) is 22.5. The molecule has 17 heavy (non-hydrogen) atoms. The highest BCUT2D eigenvalue weighted by Crippen LogP contribution is 1.91. The summed E-state index contributed by atoms with van der Waals surface area (Å²) in [6, 6.07) is -1.02. The largest absolute Gasteiger partial charge is 0.467 e. The number of carbonyl (C=O) groups is 2. The molecule has 1 atom stereocenters. The second-order valence-corrected chi connectivity index (χ2v) is 3.24. The molecule has 0 radical (unpaired) electrons. The molecule has 0 aliphatic heterocycles. The van der Waals surface area contributed by atoms with Gasteiger partial charge in [-0.2, -0.15) is 0 Å². The van der Waals surface area contributed by atoms with E-state index >= 15 is 0 Å². The van der Waals surface area contributed by atoms with E-state index in [1.54, 1.807) is 6.20 Å². The molecule has 2 N–H and O–H groups in total. The maximum Gasteiger partial charge on any atom is 0.330 e. The lowest BCUT2D eigenvalue weighted by Crippen LogP contribution is -2.44. The molecule has 0 aliphatic rings. The number of esters is 1. The highest BCUT2D eigenvalue weighted by molar-refractivity contribution is 5.84. The Bertz CT molecular complexity index is 365. The Morgan fingerprint density at radius 3 is 2.88 bits per heavy atom. The summed E-state index contributed by atoms with van der Waals surface area (Å²) >= 11 is 0. The molecule has 8 heteroatoms. The molecule has 0 fully saturated rings. The number of aryl methyl sites for hydroxylation is 1. The average Bonchev–Trinajstić information content (AvgIpc) is 2.85. The maximum atomic E-state index is 11.4. The van der Waals surface area contributed by atoms with E-state index in [0.29, 0.717) is 6.54 Å². The van der Waals surface area contributed by atoms with Gasteiger partial charge in [-0.05, 0) is 0 Å². The Morgan fingerprint density at radius 2 is 2.35 bits per heavy atom. The number of nitrogens with zero attached hydrogens (tertiary/aromatic N) is 3. The van der Waals surface area contributed by atoms with Crippen LogP contribution in [0.3, 0.4) is 0 Å². The van der Waals surface area contributed by atoms with Crippen molar-refractivity contribution < 1.29 is 19.4 Å². The molecule has 94 valence electrons. The van der Waals surface area contributed by atoms with E-state index in [0.717, 1.165) is 0 Å². The van der Waals surface area contributed by atoms with Crippen LogP contribution in [0, 0.1) is 0 Å². The monoisotopic (exact) mass is 242 g/mol. The molecule has 1 heterocycles. The highest BCUT2D eigenvalue weighted by Gasteiger charge is 2.19. The normalized spacial score (nSPS) is 11.9. The van der Waals surface area contributed by atoms with Crippen LogP contribution in [0.15, 0.2) is 12.4 Å². The summed E-state index contributed by atoms with van der Waals surface area (Å²) in [5.41, 5.74) is 0. The molecule has 1 unspecified atom stereocenters. The van der Waals surface area contributed by atoms with Gasteiger partial charge in [0.05, 0.1) is 26.5 Å². The second kappa shape index (κ2) is 6.59. The van der Waals surface area contributed by atoms with E-state index in [1.165, 1.54) is 18.0 Å². The Labute approximate surface area is 97.6 Å². The summed E-state index contributed by atoms with van der Waals surface area (Å²) < 4.78 is 5.91. The van der Waals surface area contributed by atoms with Gasteiger partial charge < -0.3 is 15.2 Å². The number of ether oxygens (including phenoxy) is 1. The topological polar surface area (TPSA) is 106 Å². The number of methoxy groups -OCH3 is 1. The van der Waals surface area contributed by atoms with Gasteiger partial charge in [-0.1, -0.05) is 5.21 Å². The lowest BCUT2D eigenvalue weighted by Gasteiger charge is -2.13. The Hall–Kier alpha value is -1.96. The fraction of sp³-hybridized carbons (Fsp3) is 0.556. The van der Waals surface area contributed by atoms with Gasteiger partial charge in [0.25, 0.3) is 0 Å². The molecule has 0 spiro atoms. The van der Waals surface area contributed by atoms with E-state index in [-0.39, 0.29) is 12.3 Å². The SMILES string of the molecule is COC(=O)C(CO)NC(=O)CCn1ccnn1. The molecule has 1 aromatic heterocycles. The zero-order valence-corrected chi connectivity index (χ0v) is 9.37. The molecular formula is C9H14N4O4. The number of hydrogen-bond acceptors (Lipinski definition) is 6. The van der Waals surface area contributed by atoms with Crippen molar-refractivity contribution in [2.24, 2.45) is 0 Å². The minimum atomic E-state index is -1.02. The Kier molecular flexibility index (Phi) is 5.08. The van der Waals surface area contributed by atoms with Crippen LogP contribution in [-0.2, 0) is 20.9 Å². The van der Waals surface area contributed by atoms with Crippen molar-refractivity contribution in [3.8, 4) is 0 Å². The number of amides is 1. The van der Waals surface area contributed by atoms with Gasteiger partial charge in [-0.25, -0.2) is 4.79 Å². The first-order chi connectivity index (χ1) is 8.17. The van der Waals surface area contributed by atoms with Crippen LogP contribution in [0.25, 0.3) is 0 Å². The van der Waals surface area contributed by atoms with Crippen LogP contribution >= 0.6 is 0 Å². The third-order valence-corrected chi connectivity index (χ3v) is 2.04. The Morgan fingerprint density at radius 1 is 1.59 bits per heavy atom. The van der Waals surface area contributed by atoms with Gasteiger partial charge in [0.1, 0.15) is 0 Å². The smallest absolute Gasteiger partial charge is 0.330 e. The second-order valence-electron chi connectivity index (χ2n) is 3.24. The van der Waals surface area contributed by atoms with E-state index in [9.17, 15) is 9.59 Å². The van der Waals surface area contributed by atoms with Gasteiger partial charge in [-0.15, -0.1) is 5.10 Å². The number of aliphatic hydroxyl groups excluding tert-OH is 1. The first-order valence-corrected chi connectivity index (χ1v) is 4.99. The van der Waals surface area contributed by atoms with E-state index in [1.807, 2.05) is 0 Å². The first-order valence-electron chi connectivity index (χ1n) is 4.99. The highest BCUT2D eigenvalue weighted by atomic mass is 16.5. The molecule has 1 rings (SSSR count). The summed E-state index contributed by atoms with van der Waals surface area (Å²) in [5.74, 6) is -1.05. The van der Waals surface area contributed by atoms with Gasteiger partial charge >= 0.3 is 5.97 Å². The lowest BCUT2D eigenvalue weighted by atomic mass is 10.3. The van der Waals surface area contributed by atoms with Crippen molar-refractivity contribution in [3.05, 3.63) is 12.4 Å². The molecule has 1 aromatic rings. The summed E-state index contributed by atoms with van der Waals surface area (Å²) in [5, 5.41) is 18.5. The van der Waals surface area contributed by atoms with Crippen LogP contribution in [0.5, 0.6) is 0 Å². The third-order valence-electron chi connectivity index (χ3n) is 2.04. The van der Waals surface area contributed by atoms with Crippen LogP contribution in [0.4, 0.5) is 0 Å². The number of hydrogen-bond donors (Lipinski definition) is 2. The van der Waals surface area contributed by atoms with Crippen molar-refractivity contribution >= 4 is 11.9 Å². The molecule has 0 saturated carbocycles. The summed E-state index contributed by atoms with van der Waals surface area (Å²) in [7, 11) is 1.19. The summed E-state index contributed by atoms with van der Waals surface area (Å²) in [6.07, 6.45) is 3.26. The zero-order valence-electron chi connectivity index (χ0n) is 9.37. The predicted molar refractivity (Wildman–Crippen MR) is 55.7 cm³/mol. The van der Waals surface area contributed by atoms with Crippen LogP contribution in [-0.4, -0.2) is 51.7 Å². The molecule has 0 aliphatic carbocycles. The van der Waals surface area contributed by atoms with E-state index < -0.39 is 18.6 Å². The molecule has 1 amide bonds. The minimum Gasteiger partial charge on any atom is -0.467 e. The average molecular weight is 242 g/mol. The maximum absolute atomic E-state index is 11.4. The quantitative estimate of drug-likeness (QED) is 0.577. The van der Waals surface area contributed by atoms with E-state index in [2.05, 4.69) is 20.4 Å². The number of carbonyl (C=O) groups excluding carboxylic acids is 2. The van der Waals surface area contributed by atoms with Gasteiger partial charge in [-0.3, -0.25) is 9.48 Å². The van der Waals surface area contributed by atoms with Crippen molar-refractivity contribution in [3.63, 3.8) is 0 Å². The molecule has 8 nitrogen and oxygen atoms in total. The molecule has 0 saturated heterocycles. The fourth-order valence-electron chi connectivity index (χ4n) is 1.16. The third kappa shape index (κ3) is 4.19. The van der Waals surface area contributed by atoms with Crippen LogP contribution < -0.4 is 5.32 Å². The summed E-state index contributed by atoms with van der Waals surface area (Å²) in [6.45, 7) is -0.146. The van der Waals surface area contributed by atoms with Crippen LogP contribution in [0.2, 0.25) is 0 Å². The Balaban J connectivity index is 2.35. The molecule has 0 bridgehead atoms. The van der Waals surface area contributed by atoms with Crippen LogP contribution in [0.1, 0.15) is 6.42 Å². The number of rotatable bonds is 6. The predicted octanol–water partition coefficient (Wildman–Crippen LogP) is -1.68. The van der Waals surface area contributed by atoms with Crippen molar-refractivity contribution in [1.29, 1.82) is 0 Å². The molecule has 0 aromatic carbocycles. The lowest BCUT2D eigenvalue weighted by molar-refractivity contribution is -0.146. The number of aliphatic hydroxyl groups is 1. The van der Waals surface area contributed by atoms with Crippen molar-refractivity contribution in [2.45, 2.75) is 19.0 Å². The van der Waals surface area contributed by atoms with Gasteiger partial charge in [0.2, 0.25) is 5.91 Å². The fourth-order valence-corrected chi connectivity index (χ4v) is 1.16. The standard InChI is InChI=1S/C9H14N4O4/c1-17-9(16)7(6-14)11-8(15)2-4-13-5-3-10-12-13/h3,5,7,14H,2,4,6H2,1H3,(H,11,15). The minimum absolute atomic E-state index is 0.136.